The minimum atomic E-state index is -4.44. The third-order valence-electron chi connectivity index (χ3n) is 5.95. The van der Waals surface area contributed by atoms with Gasteiger partial charge in [0, 0.05) is 28.7 Å². The number of hydrogen-bond donors (Lipinski definition) is 2. The van der Waals surface area contributed by atoms with E-state index in [1.54, 1.807) is 49.7 Å². The van der Waals surface area contributed by atoms with Crippen LogP contribution in [0.2, 0.25) is 10.0 Å². The van der Waals surface area contributed by atoms with Gasteiger partial charge in [0.15, 0.2) is 5.82 Å². The minimum Gasteiger partial charge on any atom is -0.480 e. The first-order chi connectivity index (χ1) is 18.2. The van der Waals surface area contributed by atoms with Gasteiger partial charge in [0.05, 0.1) is 28.5 Å². The fraction of sp³-hybridized carbons (Fsp3) is 0.231. The van der Waals surface area contributed by atoms with Crippen LogP contribution in [0.1, 0.15) is 31.3 Å². The number of halogens is 2. The molecule has 4 rings (SSSR count). The second-order valence-electron chi connectivity index (χ2n) is 9.78. The topological polar surface area (TPSA) is 134 Å². The zero-order valence-electron chi connectivity index (χ0n) is 21.4. The molecule has 1 amide bonds. The van der Waals surface area contributed by atoms with Gasteiger partial charge in [-0.25, -0.2) is 23.2 Å². The van der Waals surface area contributed by atoms with Crippen LogP contribution in [0.25, 0.3) is 16.7 Å². The maximum absolute atomic E-state index is 14.0. The van der Waals surface area contributed by atoms with Gasteiger partial charge in [-0.3, -0.25) is 13.7 Å². The zero-order chi connectivity index (χ0) is 28.7. The smallest absolute Gasteiger partial charge is 0.328 e. The van der Waals surface area contributed by atoms with Gasteiger partial charge in [-0.05, 0) is 47.9 Å². The number of amides is 1. The number of hydrogen-bond acceptors (Lipinski definition) is 6. The molecule has 39 heavy (non-hydrogen) atoms. The molecule has 2 aromatic carbocycles. The molecular formula is C26H25Cl2N5O5S. The van der Waals surface area contributed by atoms with Gasteiger partial charge in [0.2, 0.25) is 0 Å². The van der Waals surface area contributed by atoms with E-state index in [1.165, 1.54) is 43.7 Å². The van der Waals surface area contributed by atoms with Crippen molar-refractivity contribution in [2.24, 2.45) is 5.41 Å². The summed E-state index contributed by atoms with van der Waals surface area (Å²) in [4.78, 5) is 32.5. The standard InChI is InChI=1S/C26H25Cl2N5O5S/c1-26(2,3)23(25(35)36)33(39(37,38)19-11-16(27)10-17(28)12-19)18-5-6-21-15(9-18)7-8-32(21)22-14-30-20(13-31-22)24(34)29-4/h5-14,23H,1-4H3,(H,29,34)(H,35,36). The highest BCUT2D eigenvalue weighted by atomic mass is 35.5. The van der Waals surface area contributed by atoms with Crippen LogP contribution in [0, 0.1) is 5.41 Å². The second kappa shape index (κ2) is 10.5. The lowest BCUT2D eigenvalue weighted by Crippen LogP contribution is -2.52. The number of carbonyl (C=O) groups excluding carboxylic acids is 1. The third kappa shape index (κ3) is 5.56. The van der Waals surface area contributed by atoms with Crippen LogP contribution >= 0.6 is 23.2 Å². The molecule has 2 aromatic heterocycles. The molecule has 204 valence electrons. The Balaban J connectivity index is 1.87. The van der Waals surface area contributed by atoms with Crippen molar-refractivity contribution in [3.8, 4) is 5.82 Å². The maximum atomic E-state index is 14.0. The van der Waals surface area contributed by atoms with Crippen molar-refractivity contribution in [2.45, 2.75) is 31.7 Å². The number of carboxylic acid groups (broad SMARTS) is 1. The number of aliphatic carboxylic acids is 1. The molecule has 1 unspecified atom stereocenters. The highest BCUT2D eigenvalue weighted by Crippen LogP contribution is 2.37. The Hall–Kier alpha value is -3.67. The second-order valence-corrected chi connectivity index (χ2v) is 12.5. The van der Waals surface area contributed by atoms with Gasteiger partial charge in [-0.2, -0.15) is 0 Å². The van der Waals surface area contributed by atoms with Crippen molar-refractivity contribution in [3.05, 3.63) is 76.8 Å². The fourth-order valence-corrected chi connectivity index (χ4v) is 6.71. The summed E-state index contributed by atoms with van der Waals surface area (Å²) in [5, 5.41) is 13.5. The van der Waals surface area contributed by atoms with Crippen LogP contribution in [0.4, 0.5) is 5.69 Å². The molecule has 2 heterocycles. The molecule has 0 aliphatic heterocycles. The Bertz CT molecular complexity index is 1660. The van der Waals surface area contributed by atoms with Gasteiger partial charge in [-0.15, -0.1) is 0 Å². The molecular weight excluding hydrogens is 565 g/mol. The molecule has 1 atom stereocenters. The maximum Gasteiger partial charge on any atom is 0.328 e. The van der Waals surface area contributed by atoms with Gasteiger partial charge in [0.25, 0.3) is 15.9 Å². The summed E-state index contributed by atoms with van der Waals surface area (Å²) in [6.45, 7) is 4.94. The summed E-state index contributed by atoms with van der Waals surface area (Å²) in [5.41, 5.74) is -0.0420. The zero-order valence-corrected chi connectivity index (χ0v) is 23.7. The van der Waals surface area contributed by atoms with E-state index in [1.807, 2.05) is 0 Å². The first kappa shape index (κ1) is 28.3. The lowest BCUT2D eigenvalue weighted by Gasteiger charge is -2.37. The Kier molecular flexibility index (Phi) is 7.61. The Labute approximate surface area is 235 Å². The fourth-order valence-electron chi connectivity index (χ4n) is 4.20. The molecule has 0 saturated heterocycles. The average Bonchev–Trinajstić information content (AvgIpc) is 3.28. The van der Waals surface area contributed by atoms with E-state index in [4.69, 9.17) is 23.2 Å². The monoisotopic (exact) mass is 589 g/mol. The van der Waals surface area contributed by atoms with E-state index >= 15 is 0 Å². The van der Waals surface area contributed by atoms with Crippen LogP contribution in [0.3, 0.4) is 0 Å². The van der Waals surface area contributed by atoms with E-state index in [-0.39, 0.29) is 32.2 Å². The van der Waals surface area contributed by atoms with Crippen molar-refractivity contribution in [3.63, 3.8) is 0 Å². The van der Waals surface area contributed by atoms with Crippen molar-refractivity contribution in [1.29, 1.82) is 0 Å². The molecule has 4 aromatic rings. The number of aromatic nitrogens is 3. The summed E-state index contributed by atoms with van der Waals surface area (Å²) in [5.74, 6) is -1.25. The number of carboxylic acids is 1. The number of benzene rings is 2. The SMILES string of the molecule is CNC(=O)c1cnc(-n2ccc3cc(N(C(C(=O)O)C(C)(C)C)S(=O)(=O)c4cc(Cl)cc(Cl)c4)ccc32)cn1. The lowest BCUT2D eigenvalue weighted by molar-refractivity contribution is -0.140. The molecule has 0 fully saturated rings. The normalized spacial score (nSPS) is 12.8. The molecule has 13 heteroatoms. The van der Waals surface area contributed by atoms with E-state index < -0.39 is 27.4 Å². The van der Waals surface area contributed by atoms with E-state index in [0.29, 0.717) is 16.7 Å². The highest BCUT2D eigenvalue weighted by Gasteiger charge is 2.43. The van der Waals surface area contributed by atoms with Crippen LogP contribution in [-0.2, 0) is 14.8 Å². The quantitative estimate of drug-likeness (QED) is 0.316. The molecule has 0 bridgehead atoms. The summed E-state index contributed by atoms with van der Waals surface area (Å²) in [7, 11) is -2.95. The van der Waals surface area contributed by atoms with E-state index in [0.717, 1.165) is 4.31 Å². The summed E-state index contributed by atoms with van der Waals surface area (Å²) in [6, 6.07) is 8.89. The molecule has 0 aliphatic carbocycles. The van der Waals surface area contributed by atoms with Crippen molar-refractivity contribution < 1.29 is 23.1 Å². The van der Waals surface area contributed by atoms with Gasteiger partial charge < -0.3 is 10.4 Å². The number of fused-ring (bicyclic) bond motifs is 1. The first-order valence-electron chi connectivity index (χ1n) is 11.6. The Morgan fingerprint density at radius 3 is 2.23 bits per heavy atom. The van der Waals surface area contributed by atoms with Crippen LogP contribution < -0.4 is 9.62 Å². The minimum absolute atomic E-state index is 0.0970. The molecule has 0 radical (unpaired) electrons. The van der Waals surface area contributed by atoms with Crippen molar-refractivity contribution in [2.75, 3.05) is 11.4 Å². The lowest BCUT2D eigenvalue weighted by atomic mass is 9.86. The summed E-state index contributed by atoms with van der Waals surface area (Å²) >= 11 is 12.2. The third-order valence-corrected chi connectivity index (χ3v) is 8.16. The predicted octanol–water partition coefficient (Wildman–Crippen LogP) is 4.78. The number of nitrogens with zero attached hydrogens (tertiary/aromatic N) is 4. The Morgan fingerprint density at radius 1 is 1.03 bits per heavy atom. The molecule has 10 nitrogen and oxygen atoms in total. The molecule has 2 N–H and O–H groups in total. The number of nitrogens with one attached hydrogen (secondary N) is 1. The number of anilines is 1. The van der Waals surface area contributed by atoms with Crippen LogP contribution in [-0.4, -0.2) is 53.0 Å². The number of rotatable bonds is 7. The van der Waals surface area contributed by atoms with E-state index in [2.05, 4.69) is 15.3 Å². The summed E-state index contributed by atoms with van der Waals surface area (Å²) < 4.78 is 30.6. The van der Waals surface area contributed by atoms with Crippen molar-refractivity contribution >= 4 is 61.7 Å². The van der Waals surface area contributed by atoms with Gasteiger partial charge in [-0.1, -0.05) is 44.0 Å². The first-order valence-corrected chi connectivity index (χ1v) is 13.8. The van der Waals surface area contributed by atoms with Gasteiger partial charge >= 0.3 is 5.97 Å². The molecule has 0 saturated carbocycles. The van der Waals surface area contributed by atoms with Crippen molar-refractivity contribution in [1.82, 2.24) is 19.9 Å². The van der Waals surface area contributed by atoms with Crippen LogP contribution in [0.15, 0.2) is 66.0 Å². The summed E-state index contributed by atoms with van der Waals surface area (Å²) in [6.07, 6.45) is 4.50. The Morgan fingerprint density at radius 2 is 1.69 bits per heavy atom. The number of sulfonamides is 1. The predicted molar refractivity (Wildman–Crippen MR) is 149 cm³/mol. The van der Waals surface area contributed by atoms with Crippen LogP contribution in [0.5, 0.6) is 0 Å². The van der Waals surface area contributed by atoms with Gasteiger partial charge in [0.1, 0.15) is 11.7 Å². The molecule has 0 spiro atoms. The van der Waals surface area contributed by atoms with E-state index in [9.17, 15) is 23.1 Å². The average molecular weight is 590 g/mol. The highest BCUT2D eigenvalue weighted by molar-refractivity contribution is 7.93. The number of carbonyl (C=O) groups is 2. The largest absolute Gasteiger partial charge is 0.480 e. The molecule has 0 aliphatic rings.